The molecular formula is C8H6F8. The zero-order chi connectivity index (χ0) is 13.9. The summed E-state index contributed by atoms with van der Waals surface area (Å²) < 4.78 is 85.1. The van der Waals surface area contributed by atoms with Gasteiger partial charge in [0.15, 0.2) is 0 Å². The Bertz CT molecular complexity index is 258. The molecule has 0 aromatic heterocycles. The van der Waals surface area contributed by atoms with Crippen molar-refractivity contribution in [3.63, 3.8) is 0 Å². The molecule has 0 aliphatic carbocycles. The number of halogens is 8. The van der Waals surface area contributed by atoms with E-state index in [0.717, 1.165) is 0 Å². The van der Waals surface area contributed by atoms with Crippen molar-refractivity contribution in [2.45, 2.75) is 6.18 Å². The van der Waals surface area contributed by atoms with Gasteiger partial charge in [-0.05, 0) is 6.58 Å². The first kappa shape index (κ1) is 19.9. The van der Waals surface area contributed by atoms with Gasteiger partial charge >= 0.3 is 12.3 Å². The van der Waals surface area contributed by atoms with Gasteiger partial charge in [0, 0.05) is 0 Å². The zero-order valence-corrected chi connectivity index (χ0v) is 7.65. The van der Waals surface area contributed by atoms with Crippen LogP contribution in [-0.2, 0) is 0 Å². The third-order valence-corrected chi connectivity index (χ3v) is 0.415. The van der Waals surface area contributed by atoms with Gasteiger partial charge < -0.3 is 0 Å². The van der Waals surface area contributed by atoms with Crippen LogP contribution in [0, 0.1) is 0 Å². The van der Waals surface area contributed by atoms with Gasteiger partial charge in [-0.1, -0.05) is 13.2 Å². The number of alkyl halides is 3. The molecule has 0 bridgehead atoms. The quantitative estimate of drug-likeness (QED) is 0.422. The van der Waals surface area contributed by atoms with Crippen molar-refractivity contribution >= 4 is 0 Å². The molecule has 0 heterocycles. The molecule has 0 nitrogen and oxygen atoms in total. The maximum Gasteiger partial charge on any atom is 0.448 e. The number of hydrogen-bond donors (Lipinski definition) is 0. The summed E-state index contributed by atoms with van der Waals surface area (Å²) in [6.07, 6.45) is -10.7. The van der Waals surface area contributed by atoms with Gasteiger partial charge in [-0.15, -0.1) is 5.73 Å². The fourth-order valence-corrected chi connectivity index (χ4v) is 0.107. The van der Waals surface area contributed by atoms with Gasteiger partial charge in [-0.2, -0.15) is 35.1 Å². The predicted octanol–water partition coefficient (Wildman–Crippen LogP) is 4.98. The molecule has 94 valence electrons. The molecule has 0 saturated carbocycles. The standard InChI is InChI=1S/C3F6.C3H4.C2H2F2/c4-1(2(5)6)3(7,8)9;1-3-2;1-2(3)4/h;1-2H2;1H2. The summed E-state index contributed by atoms with van der Waals surface area (Å²) in [7, 11) is 0. The fraction of sp³-hybridized carbons (Fsp3) is 0.125. The molecule has 0 aromatic rings. The van der Waals surface area contributed by atoms with Gasteiger partial charge in [0.25, 0.3) is 11.9 Å². The Morgan fingerprint density at radius 3 is 1.06 bits per heavy atom. The van der Waals surface area contributed by atoms with Gasteiger partial charge in [0.2, 0.25) is 0 Å². The van der Waals surface area contributed by atoms with E-state index in [1.807, 2.05) is 0 Å². The molecule has 0 spiro atoms. The van der Waals surface area contributed by atoms with Gasteiger partial charge in [-0.3, -0.25) is 0 Å². The molecule has 0 aliphatic heterocycles. The minimum atomic E-state index is -5.56. The topological polar surface area (TPSA) is 0 Å². The van der Waals surface area contributed by atoms with Crippen molar-refractivity contribution in [3.05, 3.63) is 43.5 Å². The van der Waals surface area contributed by atoms with E-state index in [0.29, 0.717) is 0 Å². The van der Waals surface area contributed by atoms with Crippen molar-refractivity contribution in [1.29, 1.82) is 0 Å². The minimum Gasteiger partial charge on any atom is -0.196 e. The molecule has 0 unspecified atom stereocenters. The van der Waals surface area contributed by atoms with E-state index in [1.165, 1.54) is 0 Å². The lowest BCUT2D eigenvalue weighted by Crippen LogP contribution is -2.08. The predicted molar refractivity (Wildman–Crippen MR) is 42.5 cm³/mol. The summed E-state index contributed by atoms with van der Waals surface area (Å²) in [5.41, 5.74) is 2.25. The monoisotopic (exact) mass is 254 g/mol. The molecule has 0 aliphatic rings. The molecule has 0 saturated heterocycles. The van der Waals surface area contributed by atoms with Crippen LogP contribution in [0.1, 0.15) is 0 Å². The summed E-state index contributed by atoms with van der Waals surface area (Å²) in [4.78, 5) is 0. The summed E-state index contributed by atoms with van der Waals surface area (Å²) in [5, 5.41) is 0. The maximum absolute atomic E-state index is 11.0. The Labute approximate surface area is 85.9 Å². The maximum atomic E-state index is 11.0. The van der Waals surface area contributed by atoms with E-state index in [2.05, 4.69) is 25.5 Å². The highest BCUT2D eigenvalue weighted by Crippen LogP contribution is 2.29. The molecule has 0 amide bonds. The van der Waals surface area contributed by atoms with Crippen molar-refractivity contribution in [1.82, 2.24) is 0 Å². The van der Waals surface area contributed by atoms with Crippen LogP contribution < -0.4 is 0 Å². The summed E-state index contributed by atoms with van der Waals surface area (Å²) in [6.45, 7) is 8.47. The summed E-state index contributed by atoms with van der Waals surface area (Å²) >= 11 is 0. The van der Waals surface area contributed by atoms with Crippen LogP contribution in [0.4, 0.5) is 35.1 Å². The summed E-state index contributed by atoms with van der Waals surface area (Å²) in [5.74, 6) is -3.33. The molecule has 0 rings (SSSR count). The molecule has 0 aromatic carbocycles. The first-order valence-electron chi connectivity index (χ1n) is 3.07. The van der Waals surface area contributed by atoms with Crippen molar-refractivity contribution in [3.8, 4) is 0 Å². The van der Waals surface area contributed by atoms with Crippen LogP contribution in [0.3, 0.4) is 0 Å². The average Bonchev–Trinajstić information content (AvgIpc) is 2.01. The van der Waals surface area contributed by atoms with Crippen molar-refractivity contribution < 1.29 is 35.1 Å². The normalized spacial score (nSPS) is 8.50. The van der Waals surface area contributed by atoms with Crippen molar-refractivity contribution in [2.24, 2.45) is 0 Å². The molecule has 0 N–H and O–H groups in total. The lowest BCUT2D eigenvalue weighted by atomic mass is 10.6. The van der Waals surface area contributed by atoms with Gasteiger partial charge in [-0.25, -0.2) is 0 Å². The van der Waals surface area contributed by atoms with E-state index >= 15 is 0 Å². The second-order valence-corrected chi connectivity index (χ2v) is 1.66. The van der Waals surface area contributed by atoms with E-state index in [4.69, 9.17) is 0 Å². The first-order valence-corrected chi connectivity index (χ1v) is 3.07. The largest absolute Gasteiger partial charge is 0.448 e. The highest BCUT2D eigenvalue weighted by molar-refractivity contribution is 4.98. The second kappa shape index (κ2) is 9.97. The Balaban J connectivity index is -0.000000201. The second-order valence-electron chi connectivity index (χ2n) is 1.66. The highest BCUT2D eigenvalue weighted by Gasteiger charge is 2.38. The van der Waals surface area contributed by atoms with Crippen LogP contribution in [0.25, 0.3) is 0 Å². The molecular weight excluding hydrogens is 248 g/mol. The van der Waals surface area contributed by atoms with Crippen molar-refractivity contribution in [2.75, 3.05) is 0 Å². The molecule has 16 heavy (non-hydrogen) atoms. The van der Waals surface area contributed by atoms with Gasteiger partial charge in [0.05, 0.1) is 0 Å². The third-order valence-electron chi connectivity index (χ3n) is 0.415. The van der Waals surface area contributed by atoms with Crippen LogP contribution in [0.5, 0.6) is 0 Å². The van der Waals surface area contributed by atoms with Crippen LogP contribution >= 0.6 is 0 Å². The third kappa shape index (κ3) is 22.9. The van der Waals surface area contributed by atoms with Crippen LogP contribution in [0.15, 0.2) is 43.5 Å². The fourth-order valence-electron chi connectivity index (χ4n) is 0.107. The van der Waals surface area contributed by atoms with Crippen LogP contribution in [-0.4, -0.2) is 6.18 Å². The Morgan fingerprint density at radius 2 is 1.06 bits per heavy atom. The van der Waals surface area contributed by atoms with E-state index in [1.54, 1.807) is 0 Å². The van der Waals surface area contributed by atoms with E-state index < -0.39 is 24.2 Å². The smallest absolute Gasteiger partial charge is 0.196 e. The Kier molecular flexibility index (Phi) is 12.4. The van der Waals surface area contributed by atoms with Gasteiger partial charge in [0.1, 0.15) is 0 Å². The van der Waals surface area contributed by atoms with E-state index in [-0.39, 0.29) is 0 Å². The molecule has 0 atom stereocenters. The van der Waals surface area contributed by atoms with Crippen LogP contribution in [0.2, 0.25) is 0 Å². The highest BCUT2D eigenvalue weighted by atomic mass is 19.4. The molecule has 8 heteroatoms. The number of allylic oxidation sites excluding steroid dienone is 1. The lowest BCUT2D eigenvalue weighted by molar-refractivity contribution is -0.113. The minimum absolute atomic E-state index is 1.83. The summed E-state index contributed by atoms with van der Waals surface area (Å²) in [6, 6.07) is 0. The van der Waals surface area contributed by atoms with E-state index in [9.17, 15) is 35.1 Å². The Hall–Kier alpha value is -1.56. The lowest BCUT2D eigenvalue weighted by Gasteiger charge is -1.98. The SMILES string of the molecule is C=C(F)F.C=C=C.FC(F)=C(F)C(F)(F)F. The molecule has 0 radical (unpaired) electrons. The number of rotatable bonds is 0. The first-order chi connectivity index (χ1) is 7.00. The zero-order valence-electron chi connectivity index (χ0n) is 7.65. The Morgan fingerprint density at radius 1 is 0.875 bits per heavy atom. The molecule has 0 fully saturated rings. The average molecular weight is 254 g/mol. The number of hydrogen-bond acceptors (Lipinski definition) is 0.